The van der Waals surface area contributed by atoms with Gasteiger partial charge in [0.1, 0.15) is 5.75 Å². The molecule has 0 fully saturated rings. The minimum absolute atomic E-state index is 0.0911. The van der Waals surface area contributed by atoms with Gasteiger partial charge in [-0.2, -0.15) is 8.78 Å². The first-order valence-electron chi connectivity index (χ1n) is 6.02. The quantitative estimate of drug-likeness (QED) is 0.740. The Bertz CT molecular complexity index is 407. The van der Waals surface area contributed by atoms with E-state index in [1.807, 2.05) is 0 Å². The Morgan fingerprint density at radius 3 is 2.65 bits per heavy atom. The van der Waals surface area contributed by atoms with Gasteiger partial charge in [-0.25, -0.2) is 0 Å². The largest absolute Gasteiger partial charge is 0.434 e. The number of ether oxygens (including phenoxy) is 3. The van der Waals surface area contributed by atoms with Crippen molar-refractivity contribution in [3.05, 3.63) is 28.2 Å². The minimum atomic E-state index is -2.84. The van der Waals surface area contributed by atoms with Gasteiger partial charge in [0, 0.05) is 37.3 Å². The maximum Gasteiger partial charge on any atom is 0.387 e. The van der Waals surface area contributed by atoms with Gasteiger partial charge in [0.25, 0.3) is 0 Å². The molecule has 0 aliphatic heterocycles. The maximum atomic E-state index is 12.3. The predicted octanol–water partition coefficient (Wildman–Crippen LogP) is 2.80. The van der Waals surface area contributed by atoms with Crippen LogP contribution in [0.3, 0.4) is 0 Å². The van der Waals surface area contributed by atoms with E-state index in [4.69, 9.17) is 9.47 Å². The number of methoxy groups -OCH3 is 2. The first-order chi connectivity index (χ1) is 9.56. The molecular formula is C13H18BrF2NO3. The molecule has 1 rings (SSSR count). The molecule has 0 saturated heterocycles. The number of hydrogen-bond acceptors (Lipinski definition) is 4. The third kappa shape index (κ3) is 6.13. The summed E-state index contributed by atoms with van der Waals surface area (Å²) in [5.41, 5.74) is 0.645. The zero-order valence-corrected chi connectivity index (χ0v) is 13.0. The summed E-state index contributed by atoms with van der Waals surface area (Å²) in [5, 5.41) is 3.13. The van der Waals surface area contributed by atoms with Gasteiger partial charge in [-0.15, -0.1) is 0 Å². The second-order valence-corrected chi connectivity index (χ2v) is 4.99. The van der Waals surface area contributed by atoms with E-state index in [-0.39, 0.29) is 11.9 Å². The highest BCUT2D eigenvalue weighted by Crippen LogP contribution is 2.24. The molecule has 0 bridgehead atoms. The molecular weight excluding hydrogens is 336 g/mol. The third-order valence-electron chi connectivity index (χ3n) is 2.61. The molecule has 0 aromatic heterocycles. The number of nitrogens with one attached hydrogen (secondary N) is 1. The van der Waals surface area contributed by atoms with Crippen LogP contribution in [0.5, 0.6) is 5.75 Å². The van der Waals surface area contributed by atoms with E-state index in [0.29, 0.717) is 25.3 Å². The van der Waals surface area contributed by atoms with Gasteiger partial charge in [0.2, 0.25) is 0 Å². The minimum Gasteiger partial charge on any atom is -0.434 e. The Hall–Kier alpha value is -0.760. The van der Waals surface area contributed by atoms with Crippen molar-refractivity contribution < 1.29 is 23.0 Å². The monoisotopic (exact) mass is 353 g/mol. The SMILES string of the molecule is COCC(CNCc1cc(Br)ccc1OC(F)F)OC. The molecule has 0 heterocycles. The molecule has 0 spiro atoms. The van der Waals surface area contributed by atoms with Gasteiger partial charge >= 0.3 is 6.61 Å². The lowest BCUT2D eigenvalue weighted by Gasteiger charge is -2.16. The zero-order valence-electron chi connectivity index (χ0n) is 11.4. The maximum absolute atomic E-state index is 12.3. The van der Waals surface area contributed by atoms with Crippen LogP contribution in [-0.4, -0.2) is 40.1 Å². The summed E-state index contributed by atoms with van der Waals surface area (Å²) in [5.74, 6) is 0.163. The van der Waals surface area contributed by atoms with Crippen LogP contribution in [0.4, 0.5) is 8.78 Å². The first-order valence-corrected chi connectivity index (χ1v) is 6.81. The van der Waals surface area contributed by atoms with Crippen molar-refractivity contribution in [3.8, 4) is 5.75 Å². The fraction of sp³-hybridized carbons (Fsp3) is 0.538. The molecule has 1 atom stereocenters. The number of alkyl halides is 2. The summed E-state index contributed by atoms with van der Waals surface area (Å²) in [6.07, 6.45) is -0.0911. The van der Waals surface area contributed by atoms with Gasteiger partial charge in [-0.05, 0) is 18.2 Å². The van der Waals surface area contributed by atoms with Crippen molar-refractivity contribution in [2.45, 2.75) is 19.3 Å². The Kier molecular flexibility index (Phi) is 7.98. The summed E-state index contributed by atoms with van der Waals surface area (Å²) in [4.78, 5) is 0. The van der Waals surface area contributed by atoms with Gasteiger partial charge in [0.15, 0.2) is 0 Å². The topological polar surface area (TPSA) is 39.7 Å². The van der Waals surface area contributed by atoms with Gasteiger partial charge in [0.05, 0.1) is 12.7 Å². The highest BCUT2D eigenvalue weighted by molar-refractivity contribution is 9.10. The normalized spacial score (nSPS) is 12.7. The van der Waals surface area contributed by atoms with Crippen LogP contribution in [0.2, 0.25) is 0 Å². The van der Waals surface area contributed by atoms with Crippen LogP contribution in [0.1, 0.15) is 5.56 Å². The Morgan fingerprint density at radius 2 is 2.05 bits per heavy atom. The summed E-state index contributed by atoms with van der Waals surface area (Å²) in [7, 11) is 3.19. The Morgan fingerprint density at radius 1 is 1.30 bits per heavy atom. The molecule has 0 saturated carbocycles. The average Bonchev–Trinajstić information content (AvgIpc) is 2.40. The Labute approximate surface area is 125 Å². The molecule has 114 valence electrons. The fourth-order valence-corrected chi connectivity index (χ4v) is 2.07. The van der Waals surface area contributed by atoms with Crippen molar-refractivity contribution in [1.29, 1.82) is 0 Å². The predicted molar refractivity (Wildman–Crippen MR) is 75.2 cm³/mol. The van der Waals surface area contributed by atoms with Crippen LogP contribution in [-0.2, 0) is 16.0 Å². The van der Waals surface area contributed by atoms with Crippen molar-refractivity contribution in [3.63, 3.8) is 0 Å². The standard InChI is InChI=1S/C13H18BrF2NO3/c1-18-8-11(19-2)7-17-6-9-5-10(14)3-4-12(9)20-13(15)16/h3-5,11,13,17H,6-8H2,1-2H3. The van der Waals surface area contributed by atoms with Crippen molar-refractivity contribution in [2.75, 3.05) is 27.4 Å². The summed E-state index contributed by atoms with van der Waals surface area (Å²) in [6.45, 7) is -1.44. The fourth-order valence-electron chi connectivity index (χ4n) is 1.66. The van der Waals surface area contributed by atoms with E-state index in [9.17, 15) is 8.78 Å². The number of halogens is 3. The molecule has 1 aromatic rings. The lowest BCUT2D eigenvalue weighted by molar-refractivity contribution is -0.0505. The van der Waals surface area contributed by atoms with Gasteiger partial charge < -0.3 is 19.5 Å². The molecule has 0 aliphatic rings. The molecule has 4 nitrogen and oxygen atoms in total. The van der Waals surface area contributed by atoms with Crippen molar-refractivity contribution in [2.24, 2.45) is 0 Å². The molecule has 0 amide bonds. The molecule has 7 heteroatoms. The van der Waals surface area contributed by atoms with E-state index >= 15 is 0 Å². The number of benzene rings is 1. The lowest BCUT2D eigenvalue weighted by Crippen LogP contribution is -2.31. The molecule has 1 N–H and O–H groups in total. The van der Waals surface area contributed by atoms with E-state index in [1.165, 1.54) is 6.07 Å². The van der Waals surface area contributed by atoms with E-state index in [1.54, 1.807) is 26.4 Å². The summed E-state index contributed by atoms with van der Waals surface area (Å²) >= 11 is 3.31. The van der Waals surface area contributed by atoms with Crippen LogP contribution in [0.15, 0.2) is 22.7 Å². The number of rotatable bonds is 9. The molecule has 1 unspecified atom stereocenters. The van der Waals surface area contributed by atoms with Crippen LogP contribution in [0.25, 0.3) is 0 Å². The lowest BCUT2D eigenvalue weighted by atomic mass is 10.2. The van der Waals surface area contributed by atoms with E-state index < -0.39 is 6.61 Å². The first kappa shape index (κ1) is 17.3. The van der Waals surface area contributed by atoms with E-state index in [2.05, 4.69) is 26.0 Å². The summed E-state index contributed by atoms with van der Waals surface area (Å²) < 4.78 is 40.1. The summed E-state index contributed by atoms with van der Waals surface area (Å²) in [6, 6.07) is 4.91. The highest BCUT2D eigenvalue weighted by Gasteiger charge is 2.11. The third-order valence-corrected chi connectivity index (χ3v) is 3.11. The van der Waals surface area contributed by atoms with Gasteiger partial charge in [-0.1, -0.05) is 15.9 Å². The second kappa shape index (κ2) is 9.23. The Balaban J connectivity index is 2.59. The smallest absolute Gasteiger partial charge is 0.387 e. The number of hydrogen-bond donors (Lipinski definition) is 1. The van der Waals surface area contributed by atoms with Crippen LogP contribution < -0.4 is 10.1 Å². The zero-order chi connectivity index (χ0) is 15.0. The van der Waals surface area contributed by atoms with Gasteiger partial charge in [-0.3, -0.25) is 0 Å². The van der Waals surface area contributed by atoms with Crippen molar-refractivity contribution >= 4 is 15.9 Å². The molecule has 1 aromatic carbocycles. The second-order valence-electron chi connectivity index (χ2n) is 4.07. The highest BCUT2D eigenvalue weighted by atomic mass is 79.9. The molecule has 0 aliphatic carbocycles. The van der Waals surface area contributed by atoms with Crippen LogP contribution >= 0.6 is 15.9 Å². The van der Waals surface area contributed by atoms with Crippen LogP contribution in [0, 0.1) is 0 Å². The van der Waals surface area contributed by atoms with E-state index in [0.717, 1.165) is 4.47 Å². The average molecular weight is 354 g/mol. The molecule has 0 radical (unpaired) electrons. The van der Waals surface area contributed by atoms with Crippen molar-refractivity contribution in [1.82, 2.24) is 5.32 Å². The molecule has 20 heavy (non-hydrogen) atoms.